The summed E-state index contributed by atoms with van der Waals surface area (Å²) in [5.74, 6) is 0.890. The van der Waals surface area contributed by atoms with Gasteiger partial charge >= 0.3 is 0 Å². The number of H-pyrrole nitrogens is 1. The number of rotatable bonds is 4. The zero-order valence-electron chi connectivity index (χ0n) is 17.8. The number of nitrogens with one attached hydrogen (secondary N) is 1. The van der Waals surface area contributed by atoms with Crippen molar-refractivity contribution in [2.75, 3.05) is 13.1 Å². The van der Waals surface area contributed by atoms with E-state index in [1.54, 1.807) is 23.5 Å². The van der Waals surface area contributed by atoms with E-state index in [1.807, 2.05) is 11.4 Å². The van der Waals surface area contributed by atoms with Crippen LogP contribution in [0.4, 0.5) is 4.39 Å². The molecule has 1 aliphatic heterocycles. The number of piperidine rings is 1. The number of benzene rings is 2. The van der Waals surface area contributed by atoms with Crippen LogP contribution in [0.5, 0.6) is 0 Å². The number of nitrogens with zero attached hydrogens (tertiary/aromatic N) is 3. The molecule has 4 heterocycles. The lowest BCUT2D eigenvalue weighted by Gasteiger charge is -2.30. The second kappa shape index (κ2) is 8.44. The van der Waals surface area contributed by atoms with E-state index in [9.17, 15) is 9.18 Å². The highest BCUT2D eigenvalue weighted by Crippen LogP contribution is 2.34. The van der Waals surface area contributed by atoms with Gasteiger partial charge in [0.1, 0.15) is 16.5 Å². The molecule has 0 radical (unpaired) electrons. The number of fused-ring (bicyclic) bond motifs is 2. The standard InChI is InChI=1S/C25H21FN4OS2/c26-17-7-5-15(6-8-17)18-14-32-25-22(18)23(31)28-21(29-25)13-30-11-9-16(10-12-30)24-27-19-3-1-2-4-20(19)33-24/h1-8,14,16H,9-13H2,(H,28,29,31). The number of halogens is 1. The maximum absolute atomic E-state index is 13.3. The number of thiophene rings is 1. The van der Waals surface area contributed by atoms with Crippen molar-refractivity contribution >= 4 is 43.1 Å². The fourth-order valence-electron chi connectivity index (χ4n) is 4.52. The summed E-state index contributed by atoms with van der Waals surface area (Å²) in [5.41, 5.74) is 2.57. The SMILES string of the molecule is O=c1[nH]c(CN2CCC(c3nc4ccccc4s3)CC2)nc2scc(-c3ccc(F)cc3)c12. The van der Waals surface area contributed by atoms with Crippen LogP contribution in [0.3, 0.4) is 0 Å². The maximum atomic E-state index is 13.3. The number of para-hydroxylation sites is 1. The summed E-state index contributed by atoms with van der Waals surface area (Å²) in [5, 5.41) is 3.73. The molecule has 0 spiro atoms. The van der Waals surface area contributed by atoms with Gasteiger partial charge in [0, 0.05) is 16.9 Å². The van der Waals surface area contributed by atoms with Crippen molar-refractivity contribution in [1.29, 1.82) is 0 Å². The minimum atomic E-state index is -0.292. The van der Waals surface area contributed by atoms with Crippen molar-refractivity contribution < 1.29 is 4.39 Å². The first-order valence-corrected chi connectivity index (χ1v) is 12.7. The summed E-state index contributed by atoms with van der Waals surface area (Å²) in [6, 6.07) is 14.5. The van der Waals surface area contributed by atoms with Gasteiger partial charge in [-0.15, -0.1) is 22.7 Å². The quantitative estimate of drug-likeness (QED) is 0.357. The molecule has 2 aromatic carbocycles. The minimum Gasteiger partial charge on any atom is -0.309 e. The van der Waals surface area contributed by atoms with Gasteiger partial charge in [-0.3, -0.25) is 9.69 Å². The smallest absolute Gasteiger partial charge is 0.260 e. The molecule has 33 heavy (non-hydrogen) atoms. The Labute approximate surface area is 197 Å². The lowest BCUT2D eigenvalue weighted by atomic mass is 9.97. The predicted molar refractivity (Wildman–Crippen MR) is 133 cm³/mol. The summed E-state index contributed by atoms with van der Waals surface area (Å²) in [7, 11) is 0. The van der Waals surface area contributed by atoms with E-state index in [0.29, 0.717) is 23.7 Å². The average Bonchev–Trinajstić information content (AvgIpc) is 3.45. The molecule has 0 unspecified atom stereocenters. The molecule has 5 nitrogen and oxygen atoms in total. The first-order chi connectivity index (χ1) is 16.1. The molecule has 5 aromatic rings. The average molecular weight is 477 g/mol. The molecule has 8 heteroatoms. The van der Waals surface area contributed by atoms with Crippen LogP contribution in [0, 0.1) is 5.82 Å². The van der Waals surface area contributed by atoms with Gasteiger partial charge in [0.25, 0.3) is 5.56 Å². The molecule has 0 saturated carbocycles. The van der Waals surface area contributed by atoms with Crippen LogP contribution in [0.1, 0.15) is 29.6 Å². The van der Waals surface area contributed by atoms with E-state index in [-0.39, 0.29) is 11.4 Å². The Morgan fingerprint density at radius 3 is 2.64 bits per heavy atom. The number of thiazole rings is 1. The van der Waals surface area contributed by atoms with E-state index < -0.39 is 0 Å². The second-order valence-electron chi connectivity index (χ2n) is 8.42. The van der Waals surface area contributed by atoms with E-state index in [0.717, 1.165) is 47.4 Å². The van der Waals surface area contributed by atoms with Gasteiger partial charge < -0.3 is 4.98 Å². The summed E-state index contributed by atoms with van der Waals surface area (Å²) in [6.45, 7) is 2.53. The van der Waals surface area contributed by atoms with Gasteiger partial charge in [-0.05, 0) is 55.8 Å². The van der Waals surface area contributed by atoms with E-state index in [4.69, 9.17) is 9.97 Å². The lowest BCUT2D eigenvalue weighted by molar-refractivity contribution is 0.200. The number of aromatic nitrogens is 3. The fourth-order valence-corrected chi connectivity index (χ4v) is 6.63. The number of hydrogen-bond acceptors (Lipinski definition) is 6. The molecule has 0 amide bonds. The van der Waals surface area contributed by atoms with Gasteiger partial charge in [0.05, 0.1) is 27.2 Å². The molecule has 6 rings (SSSR count). The maximum Gasteiger partial charge on any atom is 0.260 e. The monoisotopic (exact) mass is 476 g/mol. The Morgan fingerprint density at radius 2 is 1.85 bits per heavy atom. The van der Waals surface area contributed by atoms with Crippen LogP contribution in [0.2, 0.25) is 0 Å². The minimum absolute atomic E-state index is 0.139. The second-order valence-corrected chi connectivity index (χ2v) is 10.3. The van der Waals surface area contributed by atoms with Crippen LogP contribution in [-0.4, -0.2) is 32.9 Å². The fraction of sp³-hybridized carbons (Fsp3) is 0.240. The topological polar surface area (TPSA) is 61.9 Å². The van der Waals surface area contributed by atoms with Crippen LogP contribution >= 0.6 is 22.7 Å². The third kappa shape index (κ3) is 3.99. The van der Waals surface area contributed by atoms with Crippen molar-refractivity contribution in [2.45, 2.75) is 25.3 Å². The highest BCUT2D eigenvalue weighted by atomic mass is 32.1. The first kappa shape index (κ1) is 20.7. The molecule has 3 aromatic heterocycles. The largest absolute Gasteiger partial charge is 0.309 e. The van der Waals surface area contributed by atoms with Crippen molar-refractivity contribution in [1.82, 2.24) is 19.9 Å². The van der Waals surface area contributed by atoms with Gasteiger partial charge in [-0.2, -0.15) is 0 Å². The van der Waals surface area contributed by atoms with E-state index in [1.165, 1.54) is 33.2 Å². The van der Waals surface area contributed by atoms with Crippen molar-refractivity contribution in [3.63, 3.8) is 0 Å². The predicted octanol–water partition coefficient (Wildman–Crippen LogP) is 5.78. The Bertz CT molecular complexity index is 1460. The van der Waals surface area contributed by atoms with Gasteiger partial charge in [0.15, 0.2) is 0 Å². The molecule has 166 valence electrons. The van der Waals surface area contributed by atoms with Crippen LogP contribution < -0.4 is 5.56 Å². The van der Waals surface area contributed by atoms with Crippen molar-refractivity contribution in [2.24, 2.45) is 0 Å². The van der Waals surface area contributed by atoms with Gasteiger partial charge in [-0.25, -0.2) is 14.4 Å². The third-order valence-corrected chi connectivity index (χ3v) is 8.34. The first-order valence-electron chi connectivity index (χ1n) is 11.0. The molecule has 1 aliphatic rings. The highest BCUT2D eigenvalue weighted by Gasteiger charge is 2.24. The Balaban J connectivity index is 1.17. The normalized spacial score (nSPS) is 15.5. The van der Waals surface area contributed by atoms with E-state index in [2.05, 4.69) is 28.1 Å². The summed E-state index contributed by atoms with van der Waals surface area (Å²) >= 11 is 3.26. The van der Waals surface area contributed by atoms with Gasteiger partial charge in [-0.1, -0.05) is 24.3 Å². The zero-order valence-corrected chi connectivity index (χ0v) is 19.4. The van der Waals surface area contributed by atoms with Crippen LogP contribution in [-0.2, 0) is 6.54 Å². The Kier molecular flexibility index (Phi) is 5.28. The molecule has 1 N–H and O–H groups in total. The number of hydrogen-bond donors (Lipinski definition) is 1. The van der Waals surface area contributed by atoms with Crippen molar-refractivity contribution in [3.8, 4) is 11.1 Å². The molecule has 0 atom stereocenters. The van der Waals surface area contributed by atoms with E-state index >= 15 is 0 Å². The third-order valence-electron chi connectivity index (χ3n) is 6.27. The Hall–Kier alpha value is -2.94. The number of aromatic amines is 1. The zero-order chi connectivity index (χ0) is 22.4. The summed E-state index contributed by atoms with van der Waals surface area (Å²) in [4.78, 5) is 28.5. The summed E-state index contributed by atoms with van der Waals surface area (Å²) < 4.78 is 14.5. The molecule has 1 saturated heterocycles. The van der Waals surface area contributed by atoms with Crippen LogP contribution in [0.15, 0.2) is 58.7 Å². The molecular formula is C25H21FN4OS2. The Morgan fingerprint density at radius 1 is 1.06 bits per heavy atom. The molecular weight excluding hydrogens is 455 g/mol. The highest BCUT2D eigenvalue weighted by molar-refractivity contribution is 7.18. The lowest BCUT2D eigenvalue weighted by Crippen LogP contribution is -2.33. The van der Waals surface area contributed by atoms with Crippen molar-refractivity contribution in [3.05, 3.63) is 80.9 Å². The van der Waals surface area contributed by atoms with Crippen LogP contribution in [0.25, 0.3) is 31.6 Å². The summed E-state index contributed by atoms with van der Waals surface area (Å²) in [6.07, 6.45) is 2.11. The number of likely N-dealkylation sites (tertiary alicyclic amines) is 1. The molecule has 0 aliphatic carbocycles. The molecule has 0 bridgehead atoms. The molecule has 1 fully saturated rings. The van der Waals surface area contributed by atoms with Gasteiger partial charge in [0.2, 0.25) is 0 Å².